The fraction of sp³-hybridized carbons (Fsp3) is 0.818. The Labute approximate surface area is 80.2 Å². The third kappa shape index (κ3) is 1.94. The molecule has 0 aromatic carbocycles. The molecule has 0 radical (unpaired) electrons. The first-order valence-electron chi connectivity index (χ1n) is 5.30. The Kier molecular flexibility index (Phi) is 2.43. The standard InChI is InChI=1S/C11H19NO/c1-2-3-4-7-12-8-11(13,9-12)10-5-6-10/h2,10,13H,1,3-9H2. The monoisotopic (exact) mass is 181 g/mol. The van der Waals surface area contributed by atoms with Crippen molar-refractivity contribution in [2.24, 2.45) is 5.92 Å². The highest BCUT2D eigenvalue weighted by atomic mass is 16.3. The Balaban J connectivity index is 1.63. The van der Waals surface area contributed by atoms with Gasteiger partial charge in [-0.1, -0.05) is 6.08 Å². The third-order valence-corrected chi connectivity index (χ3v) is 3.21. The van der Waals surface area contributed by atoms with Crippen molar-refractivity contribution in [3.8, 4) is 0 Å². The summed E-state index contributed by atoms with van der Waals surface area (Å²) in [6.45, 7) is 6.65. The first-order valence-corrected chi connectivity index (χ1v) is 5.30. The van der Waals surface area contributed by atoms with Gasteiger partial charge >= 0.3 is 0 Å². The van der Waals surface area contributed by atoms with Gasteiger partial charge in [0.2, 0.25) is 0 Å². The lowest BCUT2D eigenvalue weighted by Crippen LogP contribution is -2.63. The highest BCUT2D eigenvalue weighted by molar-refractivity contribution is 5.05. The van der Waals surface area contributed by atoms with Crippen LogP contribution in [0.2, 0.25) is 0 Å². The molecule has 0 aromatic rings. The summed E-state index contributed by atoms with van der Waals surface area (Å²) < 4.78 is 0. The Morgan fingerprint density at radius 2 is 2.15 bits per heavy atom. The van der Waals surface area contributed by atoms with Crippen LogP contribution in [-0.2, 0) is 0 Å². The second-order valence-electron chi connectivity index (χ2n) is 4.52. The molecule has 1 saturated heterocycles. The quantitative estimate of drug-likeness (QED) is 0.512. The molecule has 0 spiro atoms. The average Bonchev–Trinajstić information content (AvgIpc) is 2.83. The summed E-state index contributed by atoms with van der Waals surface area (Å²) in [6, 6.07) is 0. The lowest BCUT2D eigenvalue weighted by atomic mass is 9.88. The Hall–Kier alpha value is -0.340. The molecule has 0 bridgehead atoms. The van der Waals surface area contributed by atoms with Gasteiger partial charge in [0.25, 0.3) is 0 Å². The molecule has 1 aliphatic heterocycles. The van der Waals surface area contributed by atoms with Gasteiger partial charge in [0.1, 0.15) is 0 Å². The topological polar surface area (TPSA) is 23.5 Å². The highest BCUT2D eigenvalue weighted by Gasteiger charge is 2.51. The second-order valence-corrected chi connectivity index (χ2v) is 4.52. The highest BCUT2D eigenvalue weighted by Crippen LogP contribution is 2.44. The molecule has 0 unspecified atom stereocenters. The molecule has 0 atom stereocenters. The summed E-state index contributed by atoms with van der Waals surface area (Å²) in [5.74, 6) is 0.628. The number of rotatable bonds is 5. The van der Waals surface area contributed by atoms with E-state index in [4.69, 9.17) is 0 Å². The maximum absolute atomic E-state index is 10.0. The van der Waals surface area contributed by atoms with Gasteiger partial charge in [0, 0.05) is 13.1 Å². The van der Waals surface area contributed by atoms with E-state index in [1.54, 1.807) is 0 Å². The lowest BCUT2D eigenvalue weighted by molar-refractivity contribution is -0.112. The molecule has 2 fully saturated rings. The molecule has 1 saturated carbocycles. The van der Waals surface area contributed by atoms with Crippen molar-refractivity contribution >= 4 is 0 Å². The summed E-state index contributed by atoms with van der Waals surface area (Å²) in [7, 11) is 0. The van der Waals surface area contributed by atoms with Gasteiger partial charge in [-0.3, -0.25) is 4.90 Å². The van der Waals surface area contributed by atoms with Gasteiger partial charge < -0.3 is 5.11 Å². The first-order chi connectivity index (χ1) is 6.24. The minimum absolute atomic E-state index is 0.297. The van der Waals surface area contributed by atoms with E-state index >= 15 is 0 Å². The largest absolute Gasteiger partial charge is 0.387 e. The van der Waals surface area contributed by atoms with Crippen molar-refractivity contribution in [2.45, 2.75) is 31.3 Å². The van der Waals surface area contributed by atoms with Gasteiger partial charge in [-0.2, -0.15) is 0 Å². The SMILES string of the molecule is C=CCCCN1CC(O)(C2CC2)C1. The number of likely N-dealkylation sites (tertiary alicyclic amines) is 1. The average molecular weight is 181 g/mol. The number of aliphatic hydroxyl groups is 1. The predicted octanol–water partition coefficient (Wildman–Crippen LogP) is 1.41. The second kappa shape index (κ2) is 3.43. The molecule has 13 heavy (non-hydrogen) atoms. The third-order valence-electron chi connectivity index (χ3n) is 3.21. The van der Waals surface area contributed by atoms with Crippen LogP contribution in [0.1, 0.15) is 25.7 Å². The lowest BCUT2D eigenvalue weighted by Gasteiger charge is -2.47. The van der Waals surface area contributed by atoms with Crippen LogP contribution in [0, 0.1) is 5.92 Å². The zero-order valence-corrected chi connectivity index (χ0v) is 8.21. The van der Waals surface area contributed by atoms with E-state index in [2.05, 4.69) is 11.5 Å². The smallest absolute Gasteiger partial charge is 0.0928 e. The fourth-order valence-electron chi connectivity index (χ4n) is 2.22. The maximum atomic E-state index is 10.0. The molecule has 0 aromatic heterocycles. The van der Waals surface area contributed by atoms with Crippen LogP contribution in [-0.4, -0.2) is 35.2 Å². The van der Waals surface area contributed by atoms with Gasteiger partial charge in [-0.05, 0) is 38.1 Å². The molecule has 2 heteroatoms. The molecule has 1 N–H and O–H groups in total. The molecule has 74 valence electrons. The van der Waals surface area contributed by atoms with E-state index in [1.807, 2.05) is 6.08 Å². The van der Waals surface area contributed by atoms with Crippen LogP contribution in [0.4, 0.5) is 0 Å². The number of hydrogen-bond donors (Lipinski definition) is 1. The van der Waals surface area contributed by atoms with Crippen molar-refractivity contribution < 1.29 is 5.11 Å². The van der Waals surface area contributed by atoms with E-state index < -0.39 is 0 Å². The molecule has 1 heterocycles. The van der Waals surface area contributed by atoms with Gasteiger partial charge in [0.15, 0.2) is 0 Å². The van der Waals surface area contributed by atoms with E-state index in [1.165, 1.54) is 19.3 Å². The van der Waals surface area contributed by atoms with E-state index in [0.717, 1.165) is 26.1 Å². The number of allylic oxidation sites excluding steroid dienone is 1. The van der Waals surface area contributed by atoms with Gasteiger partial charge in [-0.25, -0.2) is 0 Å². The fourth-order valence-corrected chi connectivity index (χ4v) is 2.22. The van der Waals surface area contributed by atoms with Crippen LogP contribution >= 0.6 is 0 Å². The van der Waals surface area contributed by atoms with Crippen LogP contribution < -0.4 is 0 Å². The summed E-state index contributed by atoms with van der Waals surface area (Å²) >= 11 is 0. The number of hydrogen-bond acceptors (Lipinski definition) is 2. The molecular weight excluding hydrogens is 162 g/mol. The zero-order chi connectivity index (χ0) is 9.31. The van der Waals surface area contributed by atoms with Crippen molar-refractivity contribution in [3.63, 3.8) is 0 Å². The van der Waals surface area contributed by atoms with Gasteiger partial charge in [0.05, 0.1) is 5.60 Å². The molecule has 2 aliphatic rings. The molecule has 2 nitrogen and oxygen atoms in total. The van der Waals surface area contributed by atoms with E-state index in [0.29, 0.717) is 5.92 Å². The minimum Gasteiger partial charge on any atom is -0.387 e. The van der Waals surface area contributed by atoms with Crippen LogP contribution in [0.15, 0.2) is 12.7 Å². The summed E-state index contributed by atoms with van der Waals surface area (Å²) in [5, 5.41) is 10.0. The minimum atomic E-state index is -0.297. The van der Waals surface area contributed by atoms with Crippen molar-refractivity contribution in [1.29, 1.82) is 0 Å². The Morgan fingerprint density at radius 3 is 2.69 bits per heavy atom. The zero-order valence-electron chi connectivity index (χ0n) is 8.21. The van der Waals surface area contributed by atoms with Crippen LogP contribution in [0.25, 0.3) is 0 Å². The van der Waals surface area contributed by atoms with Crippen LogP contribution in [0.3, 0.4) is 0 Å². The summed E-state index contributed by atoms with van der Waals surface area (Å²) in [5.41, 5.74) is -0.297. The maximum Gasteiger partial charge on any atom is 0.0928 e. The molecular formula is C11H19NO. The predicted molar refractivity (Wildman–Crippen MR) is 53.5 cm³/mol. The van der Waals surface area contributed by atoms with Crippen molar-refractivity contribution in [3.05, 3.63) is 12.7 Å². The van der Waals surface area contributed by atoms with E-state index in [9.17, 15) is 5.11 Å². The Bertz CT molecular complexity index is 192. The number of unbranched alkanes of at least 4 members (excludes halogenated alkanes) is 1. The summed E-state index contributed by atoms with van der Waals surface area (Å²) in [4.78, 5) is 2.35. The van der Waals surface area contributed by atoms with Crippen molar-refractivity contribution in [2.75, 3.05) is 19.6 Å². The van der Waals surface area contributed by atoms with E-state index in [-0.39, 0.29) is 5.60 Å². The molecule has 0 amide bonds. The number of nitrogens with zero attached hydrogens (tertiary/aromatic N) is 1. The first kappa shape index (κ1) is 9.22. The molecule has 1 aliphatic carbocycles. The van der Waals surface area contributed by atoms with Gasteiger partial charge in [-0.15, -0.1) is 6.58 Å². The van der Waals surface area contributed by atoms with Crippen molar-refractivity contribution in [1.82, 2.24) is 4.90 Å². The number of β-amino-alcohol motifs (C(OH)–C–C–N with tert-alkyl or cyclic N) is 1. The Morgan fingerprint density at radius 1 is 1.46 bits per heavy atom. The molecule has 2 rings (SSSR count). The van der Waals surface area contributed by atoms with Crippen LogP contribution in [0.5, 0.6) is 0 Å². The summed E-state index contributed by atoms with van der Waals surface area (Å²) in [6.07, 6.45) is 6.74. The normalized spacial score (nSPS) is 26.8.